The van der Waals surface area contributed by atoms with Crippen LogP contribution >= 0.6 is 22.6 Å². The van der Waals surface area contributed by atoms with Crippen molar-refractivity contribution < 1.29 is 23.7 Å². The molecule has 0 spiro atoms. The van der Waals surface area contributed by atoms with Crippen molar-refractivity contribution in [2.75, 3.05) is 34.5 Å². The summed E-state index contributed by atoms with van der Waals surface area (Å²) in [7, 11) is 4.85. The van der Waals surface area contributed by atoms with Crippen LogP contribution in [-0.4, -0.2) is 45.3 Å². The third-order valence-electron chi connectivity index (χ3n) is 5.83. The third-order valence-corrected chi connectivity index (χ3v) is 6.77. The molecule has 1 atom stereocenters. The van der Waals surface area contributed by atoms with Crippen LogP contribution < -0.4 is 18.9 Å². The maximum absolute atomic E-state index is 13.6. The molecule has 0 N–H and O–H groups in total. The fraction of sp³-hybridized carbons (Fsp3) is 0.269. The van der Waals surface area contributed by atoms with E-state index in [9.17, 15) is 4.79 Å². The highest BCUT2D eigenvalue weighted by Gasteiger charge is 2.34. The van der Waals surface area contributed by atoms with Crippen molar-refractivity contribution in [2.24, 2.45) is 0 Å². The van der Waals surface area contributed by atoms with Crippen molar-refractivity contribution in [1.82, 2.24) is 4.90 Å². The van der Waals surface area contributed by atoms with Gasteiger partial charge in [-0.3, -0.25) is 4.79 Å². The predicted molar refractivity (Wildman–Crippen MR) is 135 cm³/mol. The van der Waals surface area contributed by atoms with Crippen molar-refractivity contribution in [3.63, 3.8) is 0 Å². The Balaban J connectivity index is 1.73. The molecule has 1 aliphatic rings. The summed E-state index contributed by atoms with van der Waals surface area (Å²) < 4.78 is 23.6. The standard InChI is InChI=1S/C26H26INO5/c1-30-22-10-6-7-11-23(22)33-16-21-19-15-25(32-3)24(31-2)14-17(19)12-13-28(21)26(29)18-8-4-5-9-20(18)27/h4-11,14-15,21H,12-13,16H2,1-3H3/t21-/m0/s1. The molecule has 0 saturated heterocycles. The largest absolute Gasteiger partial charge is 0.493 e. The molecule has 7 heteroatoms. The predicted octanol–water partition coefficient (Wildman–Crippen LogP) is 5.14. The minimum atomic E-state index is -0.304. The van der Waals surface area contributed by atoms with Crippen LogP contribution in [0.3, 0.4) is 0 Å². The number of carbonyl (C=O) groups excluding carboxylic acids is 1. The number of hydrogen-bond acceptors (Lipinski definition) is 5. The van der Waals surface area contributed by atoms with Crippen molar-refractivity contribution >= 4 is 28.5 Å². The summed E-state index contributed by atoms with van der Waals surface area (Å²) in [5.41, 5.74) is 2.80. The lowest BCUT2D eigenvalue weighted by molar-refractivity contribution is 0.0586. The van der Waals surface area contributed by atoms with Crippen LogP contribution in [0.15, 0.2) is 60.7 Å². The first-order valence-corrected chi connectivity index (χ1v) is 11.7. The molecule has 0 radical (unpaired) electrons. The molecule has 33 heavy (non-hydrogen) atoms. The number of nitrogens with zero attached hydrogens (tertiary/aromatic N) is 1. The molecule has 1 heterocycles. The Morgan fingerprint density at radius 1 is 0.909 bits per heavy atom. The lowest BCUT2D eigenvalue weighted by Gasteiger charge is -2.38. The van der Waals surface area contributed by atoms with E-state index in [2.05, 4.69) is 22.6 Å². The molecule has 6 nitrogen and oxygen atoms in total. The van der Waals surface area contributed by atoms with Crippen LogP contribution in [-0.2, 0) is 6.42 Å². The highest BCUT2D eigenvalue weighted by Crippen LogP contribution is 2.39. The van der Waals surface area contributed by atoms with E-state index in [1.807, 2.05) is 65.6 Å². The number of methoxy groups -OCH3 is 3. The first-order valence-electron chi connectivity index (χ1n) is 10.6. The zero-order valence-corrected chi connectivity index (χ0v) is 21.0. The Morgan fingerprint density at radius 3 is 2.24 bits per heavy atom. The van der Waals surface area contributed by atoms with Crippen LogP contribution in [0.2, 0.25) is 0 Å². The van der Waals surface area contributed by atoms with E-state index in [-0.39, 0.29) is 18.6 Å². The molecule has 1 amide bonds. The van der Waals surface area contributed by atoms with Gasteiger partial charge in [-0.25, -0.2) is 0 Å². The molecule has 0 aliphatic carbocycles. The van der Waals surface area contributed by atoms with E-state index < -0.39 is 0 Å². The summed E-state index contributed by atoms with van der Waals surface area (Å²) in [6.07, 6.45) is 0.718. The average molecular weight is 559 g/mol. The molecule has 0 unspecified atom stereocenters. The highest BCUT2D eigenvalue weighted by atomic mass is 127. The summed E-state index contributed by atoms with van der Waals surface area (Å²) >= 11 is 2.21. The molecule has 0 saturated carbocycles. The minimum Gasteiger partial charge on any atom is -0.493 e. The van der Waals surface area contributed by atoms with E-state index in [1.54, 1.807) is 21.3 Å². The lowest BCUT2D eigenvalue weighted by Crippen LogP contribution is -2.42. The molecule has 3 aromatic rings. The quantitative estimate of drug-likeness (QED) is 0.376. The maximum Gasteiger partial charge on any atom is 0.255 e. The van der Waals surface area contributed by atoms with Gasteiger partial charge >= 0.3 is 0 Å². The van der Waals surface area contributed by atoms with Crippen LogP contribution in [0.4, 0.5) is 0 Å². The summed E-state index contributed by atoms with van der Waals surface area (Å²) in [6.45, 7) is 0.851. The second-order valence-electron chi connectivity index (χ2n) is 7.61. The summed E-state index contributed by atoms with van der Waals surface area (Å²) in [5, 5.41) is 0. The van der Waals surface area contributed by atoms with Gasteiger partial charge in [-0.05, 0) is 76.5 Å². The number of halogens is 1. The van der Waals surface area contributed by atoms with Gasteiger partial charge in [-0.15, -0.1) is 0 Å². The van der Waals surface area contributed by atoms with Gasteiger partial charge in [0.2, 0.25) is 0 Å². The molecule has 0 fully saturated rings. The number of para-hydroxylation sites is 2. The van der Waals surface area contributed by atoms with E-state index >= 15 is 0 Å². The Kier molecular flexibility index (Phi) is 7.27. The second-order valence-corrected chi connectivity index (χ2v) is 8.77. The van der Waals surface area contributed by atoms with Crippen LogP contribution in [0.1, 0.15) is 27.5 Å². The number of hydrogen-bond donors (Lipinski definition) is 0. The Labute approximate surface area is 207 Å². The first kappa shape index (κ1) is 23.2. The first-order chi connectivity index (χ1) is 16.1. The normalized spacial score (nSPS) is 14.9. The minimum absolute atomic E-state index is 0.0194. The number of carbonyl (C=O) groups is 1. The molecule has 1 aliphatic heterocycles. The van der Waals surface area contributed by atoms with Gasteiger partial charge in [0.15, 0.2) is 23.0 Å². The van der Waals surface area contributed by atoms with E-state index in [0.717, 1.165) is 21.1 Å². The molecule has 3 aromatic carbocycles. The third kappa shape index (κ3) is 4.73. The van der Waals surface area contributed by atoms with Crippen LogP contribution in [0.5, 0.6) is 23.0 Å². The molecule has 0 bridgehead atoms. The fourth-order valence-electron chi connectivity index (χ4n) is 4.15. The van der Waals surface area contributed by atoms with Gasteiger partial charge < -0.3 is 23.8 Å². The smallest absolute Gasteiger partial charge is 0.255 e. The Hall–Kier alpha value is -2.94. The second kappa shape index (κ2) is 10.3. The van der Waals surface area contributed by atoms with Crippen molar-refractivity contribution in [2.45, 2.75) is 12.5 Å². The van der Waals surface area contributed by atoms with E-state index in [4.69, 9.17) is 18.9 Å². The van der Waals surface area contributed by atoms with Gasteiger partial charge in [-0.2, -0.15) is 0 Å². The van der Waals surface area contributed by atoms with Crippen molar-refractivity contribution in [3.05, 3.63) is 80.9 Å². The van der Waals surface area contributed by atoms with Crippen LogP contribution in [0.25, 0.3) is 0 Å². The number of benzene rings is 3. The van der Waals surface area contributed by atoms with Crippen molar-refractivity contribution in [3.8, 4) is 23.0 Å². The molecular weight excluding hydrogens is 533 g/mol. The maximum atomic E-state index is 13.6. The lowest BCUT2D eigenvalue weighted by atomic mass is 9.91. The number of amides is 1. The molecular formula is C26H26INO5. The Morgan fingerprint density at radius 2 is 1.55 bits per heavy atom. The van der Waals surface area contributed by atoms with Gasteiger partial charge in [0, 0.05) is 10.1 Å². The van der Waals surface area contributed by atoms with Gasteiger partial charge in [0.25, 0.3) is 5.91 Å². The van der Waals surface area contributed by atoms with E-state index in [0.29, 0.717) is 35.1 Å². The number of fused-ring (bicyclic) bond motifs is 1. The molecule has 4 rings (SSSR count). The monoisotopic (exact) mass is 559 g/mol. The highest BCUT2D eigenvalue weighted by molar-refractivity contribution is 14.1. The number of ether oxygens (including phenoxy) is 4. The van der Waals surface area contributed by atoms with Gasteiger partial charge in [0.1, 0.15) is 6.61 Å². The summed E-state index contributed by atoms with van der Waals surface area (Å²) in [4.78, 5) is 15.5. The Bertz CT molecular complexity index is 1150. The summed E-state index contributed by atoms with van der Waals surface area (Å²) in [5.74, 6) is 2.57. The average Bonchev–Trinajstić information content (AvgIpc) is 2.86. The molecule has 172 valence electrons. The zero-order valence-electron chi connectivity index (χ0n) is 18.8. The van der Waals surface area contributed by atoms with Gasteiger partial charge in [-0.1, -0.05) is 24.3 Å². The molecule has 0 aromatic heterocycles. The van der Waals surface area contributed by atoms with Gasteiger partial charge in [0.05, 0.1) is 32.9 Å². The van der Waals surface area contributed by atoms with Crippen molar-refractivity contribution in [1.29, 1.82) is 0 Å². The van der Waals surface area contributed by atoms with E-state index in [1.165, 1.54) is 0 Å². The number of rotatable bonds is 7. The van der Waals surface area contributed by atoms with Crippen LogP contribution in [0, 0.1) is 3.57 Å². The topological polar surface area (TPSA) is 57.2 Å². The fourth-order valence-corrected chi connectivity index (χ4v) is 4.77. The summed E-state index contributed by atoms with van der Waals surface area (Å²) in [6, 6.07) is 18.8. The SMILES string of the molecule is COc1cc2c(cc1OC)[C@H](COc1ccccc1OC)N(C(=O)c1ccccc1I)CC2. The zero-order chi connectivity index (χ0) is 23.4.